The molecular weight excluding hydrogens is 256 g/mol. The number of thioether (sulfide) groups is 1. The monoisotopic (exact) mass is 274 g/mol. The summed E-state index contributed by atoms with van der Waals surface area (Å²) in [5.41, 5.74) is 5.01. The van der Waals surface area contributed by atoms with Gasteiger partial charge in [-0.15, -0.1) is 0 Å². The number of hydrogen-bond acceptors (Lipinski definition) is 4. The zero-order valence-corrected chi connectivity index (χ0v) is 11.1. The lowest BCUT2D eigenvalue weighted by Crippen LogP contribution is -2.43. The van der Waals surface area contributed by atoms with Gasteiger partial charge in [-0.3, -0.25) is 9.59 Å². The molecule has 0 spiro atoms. The first-order valence-electron chi connectivity index (χ1n) is 5.82. The number of carboxylic acids is 1. The van der Waals surface area contributed by atoms with Crippen LogP contribution in [0.1, 0.15) is 19.8 Å². The Kier molecular flexibility index (Phi) is 5.46. The topological polar surface area (TPSA) is 101 Å². The second-order valence-electron chi connectivity index (χ2n) is 4.41. The lowest BCUT2D eigenvalue weighted by atomic mass is 10.1. The maximum Gasteiger partial charge on any atom is 0.326 e. The van der Waals surface area contributed by atoms with Crippen molar-refractivity contribution in [2.75, 3.05) is 18.1 Å². The zero-order valence-electron chi connectivity index (χ0n) is 10.3. The number of carbonyl (C=O) groups is 3. The van der Waals surface area contributed by atoms with Crippen LogP contribution in [-0.2, 0) is 14.4 Å². The van der Waals surface area contributed by atoms with Crippen molar-refractivity contribution in [1.29, 1.82) is 0 Å². The fraction of sp³-hybridized carbons (Fsp3) is 0.727. The van der Waals surface area contributed by atoms with E-state index < -0.39 is 17.9 Å². The molecule has 0 aromatic carbocycles. The molecule has 0 bridgehead atoms. The van der Waals surface area contributed by atoms with Gasteiger partial charge in [0.1, 0.15) is 6.04 Å². The van der Waals surface area contributed by atoms with Crippen LogP contribution in [0.15, 0.2) is 0 Å². The average molecular weight is 274 g/mol. The molecule has 0 unspecified atom stereocenters. The van der Waals surface area contributed by atoms with Gasteiger partial charge in [-0.25, -0.2) is 4.79 Å². The lowest BCUT2D eigenvalue weighted by Gasteiger charge is -2.24. The first kappa shape index (κ1) is 14.8. The SMILES string of the molecule is C[C@H](CSCC(N)=O)C(=O)N1CCC[C@@H]1C(=O)O. The van der Waals surface area contributed by atoms with E-state index in [0.717, 1.165) is 6.42 Å². The quantitative estimate of drug-likeness (QED) is 0.705. The molecule has 0 aliphatic carbocycles. The molecule has 2 atom stereocenters. The molecule has 18 heavy (non-hydrogen) atoms. The summed E-state index contributed by atoms with van der Waals surface area (Å²) < 4.78 is 0. The third kappa shape index (κ3) is 3.90. The summed E-state index contributed by atoms with van der Waals surface area (Å²) in [7, 11) is 0. The van der Waals surface area contributed by atoms with Crippen molar-refractivity contribution in [1.82, 2.24) is 4.90 Å². The molecule has 1 rings (SSSR count). The van der Waals surface area contributed by atoms with Crippen molar-refractivity contribution in [2.24, 2.45) is 11.7 Å². The fourth-order valence-electron chi connectivity index (χ4n) is 1.98. The van der Waals surface area contributed by atoms with Crippen molar-refractivity contribution >= 4 is 29.5 Å². The van der Waals surface area contributed by atoms with Crippen LogP contribution in [0.3, 0.4) is 0 Å². The minimum absolute atomic E-state index is 0.156. The van der Waals surface area contributed by atoms with E-state index in [0.29, 0.717) is 18.7 Å². The normalized spacial score (nSPS) is 20.7. The molecule has 1 heterocycles. The minimum atomic E-state index is -0.946. The van der Waals surface area contributed by atoms with E-state index in [1.54, 1.807) is 6.92 Å². The van der Waals surface area contributed by atoms with Gasteiger partial charge in [-0.05, 0) is 12.8 Å². The van der Waals surface area contributed by atoms with Gasteiger partial charge >= 0.3 is 5.97 Å². The Labute approximate surface area is 110 Å². The molecule has 6 nitrogen and oxygen atoms in total. The van der Waals surface area contributed by atoms with Crippen molar-refractivity contribution in [3.63, 3.8) is 0 Å². The number of nitrogens with two attached hydrogens (primary N) is 1. The van der Waals surface area contributed by atoms with Crippen molar-refractivity contribution in [2.45, 2.75) is 25.8 Å². The van der Waals surface area contributed by atoms with Gasteiger partial charge < -0.3 is 15.7 Å². The Morgan fingerprint density at radius 3 is 2.72 bits per heavy atom. The first-order chi connectivity index (χ1) is 8.43. The zero-order chi connectivity index (χ0) is 13.7. The number of aliphatic carboxylic acids is 1. The molecule has 1 aliphatic rings. The van der Waals surface area contributed by atoms with Crippen LogP contribution in [-0.4, -0.2) is 51.9 Å². The van der Waals surface area contributed by atoms with Crippen molar-refractivity contribution in [3.8, 4) is 0 Å². The number of carboxylic acid groups (broad SMARTS) is 1. The van der Waals surface area contributed by atoms with Crippen LogP contribution in [0.25, 0.3) is 0 Å². The van der Waals surface area contributed by atoms with Gasteiger partial charge in [0.15, 0.2) is 0 Å². The summed E-state index contributed by atoms with van der Waals surface area (Å²) in [6, 6.07) is -0.693. The molecule has 1 aliphatic heterocycles. The van der Waals surface area contributed by atoms with Gasteiger partial charge in [-0.2, -0.15) is 11.8 Å². The van der Waals surface area contributed by atoms with Crippen LogP contribution >= 0.6 is 11.8 Å². The van der Waals surface area contributed by atoms with E-state index in [4.69, 9.17) is 10.8 Å². The summed E-state index contributed by atoms with van der Waals surface area (Å²) >= 11 is 1.30. The van der Waals surface area contributed by atoms with Gasteiger partial charge in [0.05, 0.1) is 5.75 Å². The van der Waals surface area contributed by atoms with Crippen molar-refractivity contribution in [3.05, 3.63) is 0 Å². The average Bonchev–Trinajstić information content (AvgIpc) is 2.76. The molecule has 0 saturated carbocycles. The third-order valence-electron chi connectivity index (χ3n) is 2.85. The van der Waals surface area contributed by atoms with Crippen molar-refractivity contribution < 1.29 is 19.5 Å². The highest BCUT2D eigenvalue weighted by atomic mass is 32.2. The largest absolute Gasteiger partial charge is 0.480 e. The summed E-state index contributed by atoms with van der Waals surface area (Å²) in [5, 5.41) is 9.00. The molecule has 7 heteroatoms. The summed E-state index contributed by atoms with van der Waals surface area (Å²) in [5.74, 6) is -1.15. The summed E-state index contributed by atoms with van der Waals surface area (Å²) in [6.07, 6.45) is 1.24. The molecule has 3 N–H and O–H groups in total. The summed E-state index contributed by atoms with van der Waals surface area (Å²) in [6.45, 7) is 2.24. The molecule has 0 aromatic heterocycles. The number of hydrogen-bond donors (Lipinski definition) is 2. The molecular formula is C11H18N2O4S. The number of nitrogens with zero attached hydrogens (tertiary/aromatic N) is 1. The highest BCUT2D eigenvalue weighted by Gasteiger charge is 2.35. The lowest BCUT2D eigenvalue weighted by molar-refractivity contribution is -0.149. The molecule has 1 fully saturated rings. The number of carbonyl (C=O) groups excluding carboxylic acids is 2. The Morgan fingerprint density at radius 1 is 1.50 bits per heavy atom. The van der Waals surface area contributed by atoms with Gasteiger partial charge in [-0.1, -0.05) is 6.92 Å². The number of amides is 2. The van der Waals surface area contributed by atoms with Crippen LogP contribution in [0.5, 0.6) is 0 Å². The van der Waals surface area contributed by atoms with Gasteiger partial charge in [0.25, 0.3) is 0 Å². The molecule has 0 radical (unpaired) electrons. The van der Waals surface area contributed by atoms with E-state index in [2.05, 4.69) is 0 Å². The molecule has 102 valence electrons. The van der Waals surface area contributed by atoms with E-state index in [-0.39, 0.29) is 17.6 Å². The molecule has 2 amide bonds. The van der Waals surface area contributed by atoms with Crippen LogP contribution in [0.2, 0.25) is 0 Å². The predicted octanol–water partition coefficient (Wildman–Crippen LogP) is -0.0834. The van der Waals surface area contributed by atoms with Gasteiger partial charge in [0.2, 0.25) is 11.8 Å². The van der Waals surface area contributed by atoms with Crippen LogP contribution in [0.4, 0.5) is 0 Å². The first-order valence-corrected chi connectivity index (χ1v) is 6.98. The Morgan fingerprint density at radius 2 is 2.17 bits per heavy atom. The highest BCUT2D eigenvalue weighted by molar-refractivity contribution is 7.99. The highest BCUT2D eigenvalue weighted by Crippen LogP contribution is 2.21. The van der Waals surface area contributed by atoms with E-state index >= 15 is 0 Å². The molecule has 1 saturated heterocycles. The van der Waals surface area contributed by atoms with E-state index in [1.807, 2.05) is 0 Å². The number of likely N-dealkylation sites (tertiary alicyclic amines) is 1. The van der Waals surface area contributed by atoms with E-state index in [1.165, 1.54) is 16.7 Å². The van der Waals surface area contributed by atoms with Gasteiger partial charge in [0, 0.05) is 18.2 Å². The predicted molar refractivity (Wildman–Crippen MR) is 68.1 cm³/mol. The fourth-order valence-corrected chi connectivity index (χ4v) is 2.79. The van der Waals surface area contributed by atoms with Crippen LogP contribution < -0.4 is 5.73 Å². The smallest absolute Gasteiger partial charge is 0.326 e. The number of primary amides is 1. The van der Waals surface area contributed by atoms with Crippen LogP contribution in [0, 0.1) is 5.92 Å². The minimum Gasteiger partial charge on any atom is -0.480 e. The molecule has 0 aromatic rings. The second kappa shape index (κ2) is 6.63. The second-order valence-corrected chi connectivity index (χ2v) is 5.44. The Bertz CT molecular complexity index is 348. The maximum absolute atomic E-state index is 12.1. The standard InChI is InChI=1S/C11H18N2O4S/c1-7(5-18-6-9(12)14)10(15)13-4-2-3-8(13)11(16)17/h7-8H,2-6H2,1H3,(H2,12,14)(H,16,17)/t7-,8-/m1/s1. The maximum atomic E-state index is 12.1. The Balaban J connectivity index is 2.47. The summed E-state index contributed by atoms with van der Waals surface area (Å²) in [4.78, 5) is 35.1. The Hall–Kier alpha value is -1.24. The van der Waals surface area contributed by atoms with E-state index in [9.17, 15) is 14.4 Å². The number of rotatable bonds is 6. The third-order valence-corrected chi connectivity index (χ3v) is 4.08.